The third-order valence-corrected chi connectivity index (χ3v) is 2.78. The average Bonchev–Trinajstić information content (AvgIpc) is 2.64. The van der Waals surface area contributed by atoms with E-state index in [-0.39, 0.29) is 5.69 Å². The molecule has 0 aliphatic heterocycles. The molecule has 0 bridgehead atoms. The Morgan fingerprint density at radius 3 is 2.59 bits per heavy atom. The van der Waals surface area contributed by atoms with Crippen LogP contribution in [0.5, 0.6) is 0 Å². The molecule has 0 fully saturated rings. The molecule has 5 nitrogen and oxygen atoms in total. The van der Waals surface area contributed by atoms with Crippen LogP contribution in [0, 0.1) is 13.8 Å². The largest absolute Gasteiger partial charge is 0.476 e. The number of carboxylic acids is 1. The van der Waals surface area contributed by atoms with Crippen molar-refractivity contribution >= 4 is 17.6 Å². The van der Waals surface area contributed by atoms with E-state index >= 15 is 0 Å². The second-order valence-electron chi connectivity index (χ2n) is 3.66. The molecule has 0 saturated carbocycles. The molecule has 0 spiro atoms. The van der Waals surface area contributed by atoms with Gasteiger partial charge in [-0.2, -0.15) is 9.90 Å². The number of hydrogen-bond acceptors (Lipinski definition) is 3. The van der Waals surface area contributed by atoms with Crippen LogP contribution in [0.2, 0.25) is 5.02 Å². The summed E-state index contributed by atoms with van der Waals surface area (Å²) in [5.41, 5.74) is 1.89. The van der Waals surface area contributed by atoms with Crippen LogP contribution in [0.25, 0.3) is 5.69 Å². The fourth-order valence-corrected chi connectivity index (χ4v) is 1.57. The predicted octanol–water partition coefficient (Wildman–Crippen LogP) is 2.24. The van der Waals surface area contributed by atoms with E-state index in [0.717, 1.165) is 5.56 Å². The van der Waals surface area contributed by atoms with E-state index in [1.165, 1.54) is 4.80 Å². The van der Waals surface area contributed by atoms with Gasteiger partial charge in [-0.15, -0.1) is 5.10 Å². The maximum Gasteiger partial charge on any atom is 0.358 e. The fourth-order valence-electron chi connectivity index (χ4n) is 1.40. The Morgan fingerprint density at radius 2 is 2.06 bits per heavy atom. The lowest BCUT2D eigenvalue weighted by molar-refractivity contribution is 0.0689. The van der Waals surface area contributed by atoms with Crippen LogP contribution in [0.3, 0.4) is 0 Å². The second kappa shape index (κ2) is 4.18. The molecule has 2 rings (SSSR count). The van der Waals surface area contributed by atoms with Gasteiger partial charge in [0.05, 0.1) is 11.4 Å². The van der Waals surface area contributed by atoms with Crippen molar-refractivity contribution in [3.05, 3.63) is 40.2 Å². The number of aromatic nitrogens is 3. The highest BCUT2D eigenvalue weighted by atomic mass is 35.5. The number of aromatic carboxylic acids is 1. The quantitative estimate of drug-likeness (QED) is 0.889. The zero-order valence-corrected chi connectivity index (χ0v) is 10.1. The van der Waals surface area contributed by atoms with Gasteiger partial charge in [0.1, 0.15) is 0 Å². The summed E-state index contributed by atoms with van der Waals surface area (Å²) in [7, 11) is 0. The van der Waals surface area contributed by atoms with Gasteiger partial charge in [0.2, 0.25) is 0 Å². The van der Waals surface area contributed by atoms with Gasteiger partial charge in [0, 0.05) is 5.02 Å². The van der Waals surface area contributed by atoms with Gasteiger partial charge in [-0.25, -0.2) is 4.79 Å². The van der Waals surface area contributed by atoms with Crippen molar-refractivity contribution in [3.8, 4) is 5.69 Å². The van der Waals surface area contributed by atoms with E-state index in [9.17, 15) is 4.79 Å². The van der Waals surface area contributed by atoms with Crippen molar-refractivity contribution in [3.63, 3.8) is 0 Å². The molecule has 17 heavy (non-hydrogen) atoms. The summed E-state index contributed by atoms with van der Waals surface area (Å²) in [6.45, 7) is 3.49. The van der Waals surface area contributed by atoms with Crippen LogP contribution in [-0.2, 0) is 0 Å². The summed E-state index contributed by atoms with van der Waals surface area (Å²) in [5, 5.41) is 17.4. The van der Waals surface area contributed by atoms with Crippen molar-refractivity contribution in [2.75, 3.05) is 0 Å². The highest BCUT2D eigenvalue weighted by Crippen LogP contribution is 2.19. The van der Waals surface area contributed by atoms with Gasteiger partial charge >= 0.3 is 5.97 Å². The Morgan fingerprint density at radius 1 is 1.35 bits per heavy atom. The van der Waals surface area contributed by atoms with Crippen LogP contribution < -0.4 is 0 Å². The molecule has 0 radical (unpaired) electrons. The molecule has 0 aliphatic carbocycles. The summed E-state index contributed by atoms with van der Waals surface area (Å²) < 4.78 is 0. The lowest BCUT2D eigenvalue weighted by Crippen LogP contribution is -2.02. The molecule has 0 atom stereocenters. The summed E-state index contributed by atoms with van der Waals surface area (Å²) in [6, 6.07) is 5.31. The van der Waals surface area contributed by atoms with E-state index in [4.69, 9.17) is 16.7 Å². The number of halogens is 1. The summed E-state index contributed by atoms with van der Waals surface area (Å²) in [5.74, 6) is -1.09. The number of aryl methyl sites for hydroxylation is 2. The minimum absolute atomic E-state index is 0.0540. The first-order valence-electron chi connectivity index (χ1n) is 4.93. The minimum Gasteiger partial charge on any atom is -0.476 e. The first kappa shape index (κ1) is 11.6. The molecule has 1 aromatic heterocycles. The third-order valence-electron chi connectivity index (χ3n) is 2.37. The molecule has 88 valence electrons. The van der Waals surface area contributed by atoms with Crippen LogP contribution >= 0.6 is 11.6 Å². The van der Waals surface area contributed by atoms with Crippen LogP contribution in [0.1, 0.15) is 21.7 Å². The summed E-state index contributed by atoms with van der Waals surface area (Å²) >= 11 is 5.99. The first-order valence-corrected chi connectivity index (χ1v) is 5.30. The number of carbonyl (C=O) groups is 1. The maximum atomic E-state index is 10.8. The number of hydrogen-bond donors (Lipinski definition) is 1. The minimum atomic E-state index is -1.09. The predicted molar refractivity (Wildman–Crippen MR) is 62.8 cm³/mol. The van der Waals surface area contributed by atoms with Gasteiger partial charge < -0.3 is 5.11 Å². The van der Waals surface area contributed by atoms with Crippen molar-refractivity contribution in [1.29, 1.82) is 0 Å². The van der Waals surface area contributed by atoms with E-state index in [1.807, 2.05) is 13.0 Å². The van der Waals surface area contributed by atoms with Crippen LogP contribution in [-0.4, -0.2) is 26.1 Å². The zero-order chi connectivity index (χ0) is 12.6. The van der Waals surface area contributed by atoms with E-state index in [0.29, 0.717) is 16.4 Å². The van der Waals surface area contributed by atoms with Crippen molar-refractivity contribution in [2.45, 2.75) is 13.8 Å². The molecule has 2 aromatic rings. The van der Waals surface area contributed by atoms with E-state index in [2.05, 4.69) is 10.2 Å². The van der Waals surface area contributed by atoms with Gasteiger partial charge in [-0.1, -0.05) is 17.7 Å². The van der Waals surface area contributed by atoms with E-state index in [1.54, 1.807) is 19.1 Å². The summed E-state index contributed by atoms with van der Waals surface area (Å²) in [4.78, 5) is 12.1. The molecule has 0 saturated heterocycles. The molecular formula is C11H10ClN3O2. The Kier molecular flexibility index (Phi) is 2.85. The molecule has 1 heterocycles. The lowest BCUT2D eigenvalue weighted by atomic mass is 10.2. The Balaban J connectivity index is 2.50. The monoisotopic (exact) mass is 251 g/mol. The number of nitrogens with zero attached hydrogens (tertiary/aromatic N) is 3. The van der Waals surface area contributed by atoms with Gasteiger partial charge in [0.15, 0.2) is 5.69 Å². The Hall–Kier alpha value is -1.88. The van der Waals surface area contributed by atoms with Crippen LogP contribution in [0.4, 0.5) is 0 Å². The maximum absolute atomic E-state index is 10.8. The molecule has 0 amide bonds. The van der Waals surface area contributed by atoms with E-state index < -0.39 is 5.97 Å². The topological polar surface area (TPSA) is 68.0 Å². The second-order valence-corrected chi connectivity index (χ2v) is 4.07. The standard InChI is InChI=1S/C11H10ClN3O2/c1-6-3-4-8(5-9(6)12)15-13-7(2)10(14-15)11(16)17/h3-5H,1-2H3,(H,16,17). The molecule has 0 aliphatic rings. The number of benzene rings is 1. The average molecular weight is 252 g/mol. The normalized spacial score (nSPS) is 10.5. The zero-order valence-electron chi connectivity index (χ0n) is 9.31. The number of rotatable bonds is 2. The first-order chi connectivity index (χ1) is 7.99. The lowest BCUT2D eigenvalue weighted by Gasteiger charge is -2.02. The smallest absolute Gasteiger partial charge is 0.358 e. The van der Waals surface area contributed by atoms with Gasteiger partial charge in [-0.3, -0.25) is 0 Å². The van der Waals surface area contributed by atoms with Crippen molar-refractivity contribution < 1.29 is 9.90 Å². The van der Waals surface area contributed by atoms with Crippen molar-refractivity contribution in [2.24, 2.45) is 0 Å². The van der Waals surface area contributed by atoms with Gasteiger partial charge in [0.25, 0.3) is 0 Å². The molecule has 6 heteroatoms. The van der Waals surface area contributed by atoms with Crippen molar-refractivity contribution in [1.82, 2.24) is 15.0 Å². The fraction of sp³-hybridized carbons (Fsp3) is 0.182. The Bertz CT molecular complexity index is 592. The van der Waals surface area contributed by atoms with Gasteiger partial charge in [-0.05, 0) is 31.5 Å². The molecule has 1 aromatic carbocycles. The molecule has 1 N–H and O–H groups in total. The highest BCUT2D eigenvalue weighted by Gasteiger charge is 2.14. The SMILES string of the molecule is Cc1ccc(-n2nc(C)c(C(=O)O)n2)cc1Cl. The highest BCUT2D eigenvalue weighted by molar-refractivity contribution is 6.31. The Labute approximate surface area is 103 Å². The van der Waals surface area contributed by atoms with Crippen LogP contribution in [0.15, 0.2) is 18.2 Å². The molecule has 0 unspecified atom stereocenters. The third kappa shape index (κ3) is 2.14. The molecular weight excluding hydrogens is 242 g/mol. The number of carboxylic acid groups (broad SMARTS) is 1. The summed E-state index contributed by atoms with van der Waals surface area (Å²) in [6.07, 6.45) is 0.